The van der Waals surface area contributed by atoms with Gasteiger partial charge in [-0.3, -0.25) is 0 Å². The van der Waals surface area contributed by atoms with Crippen LogP contribution in [0, 0.1) is 0 Å². The monoisotopic (exact) mass is 306 g/mol. The maximum absolute atomic E-state index is 12.2. The second-order valence-corrected chi connectivity index (χ2v) is 6.35. The summed E-state index contributed by atoms with van der Waals surface area (Å²) in [6, 6.07) is 5.33. The van der Waals surface area contributed by atoms with Gasteiger partial charge in [0.2, 0.25) is 0 Å². The van der Waals surface area contributed by atoms with E-state index in [2.05, 4.69) is 4.98 Å². The van der Waals surface area contributed by atoms with Crippen molar-refractivity contribution in [2.75, 3.05) is 12.8 Å². The van der Waals surface area contributed by atoms with Gasteiger partial charge in [0.1, 0.15) is 6.10 Å². The molecule has 1 heterocycles. The van der Waals surface area contributed by atoms with Crippen molar-refractivity contribution in [1.82, 2.24) is 4.98 Å². The molecule has 3 rings (SSSR count). The van der Waals surface area contributed by atoms with Crippen LogP contribution in [-0.2, 0) is 9.47 Å². The lowest BCUT2D eigenvalue weighted by atomic mass is 9.95. The molecule has 2 unspecified atom stereocenters. The smallest absolute Gasteiger partial charge is 0.338 e. The Kier molecular flexibility index (Phi) is 4.07. The number of rotatable bonds is 3. The van der Waals surface area contributed by atoms with Gasteiger partial charge in [-0.2, -0.15) is 0 Å². The highest BCUT2D eigenvalue weighted by Gasteiger charge is 2.25. The highest BCUT2D eigenvalue weighted by atomic mass is 32.1. The normalized spacial score (nSPS) is 22.3. The van der Waals surface area contributed by atoms with Crippen molar-refractivity contribution in [1.29, 1.82) is 0 Å². The standard InChI is InChI=1S/C15H18N2O3S/c1-19-10-3-2-4-11(8-10)20-14(18)9-5-6-12-13(7-9)21-15(16)17-12/h5-7,10-11H,2-4,8H2,1H3,(H2,16,17). The number of nitrogen functional groups attached to an aromatic ring is 1. The summed E-state index contributed by atoms with van der Waals surface area (Å²) in [5.74, 6) is -0.286. The largest absolute Gasteiger partial charge is 0.459 e. The molecule has 1 aliphatic carbocycles. The molecule has 1 aromatic carbocycles. The number of hydrogen-bond donors (Lipinski definition) is 1. The van der Waals surface area contributed by atoms with Crippen LogP contribution in [-0.4, -0.2) is 30.3 Å². The van der Waals surface area contributed by atoms with Gasteiger partial charge in [-0.15, -0.1) is 0 Å². The Morgan fingerprint density at radius 1 is 1.38 bits per heavy atom. The number of carbonyl (C=O) groups excluding carboxylic acids is 1. The Balaban J connectivity index is 1.71. The van der Waals surface area contributed by atoms with Gasteiger partial charge in [-0.1, -0.05) is 11.3 Å². The fourth-order valence-electron chi connectivity index (χ4n) is 2.71. The minimum atomic E-state index is -0.286. The van der Waals surface area contributed by atoms with Crippen molar-refractivity contribution < 1.29 is 14.3 Å². The van der Waals surface area contributed by atoms with E-state index >= 15 is 0 Å². The SMILES string of the molecule is COC1CCCC(OC(=O)c2ccc3nc(N)sc3c2)C1. The first-order valence-corrected chi connectivity index (χ1v) is 7.87. The third-order valence-corrected chi connectivity index (χ3v) is 4.67. The van der Waals surface area contributed by atoms with Crippen molar-refractivity contribution >= 4 is 32.7 Å². The number of aromatic nitrogens is 1. The molecule has 2 N–H and O–H groups in total. The molecule has 2 aromatic rings. The quantitative estimate of drug-likeness (QED) is 0.882. The van der Waals surface area contributed by atoms with Gasteiger partial charge in [0.25, 0.3) is 0 Å². The van der Waals surface area contributed by atoms with Crippen molar-refractivity contribution in [3.8, 4) is 0 Å². The van der Waals surface area contributed by atoms with Gasteiger partial charge < -0.3 is 15.2 Å². The molecule has 112 valence electrons. The third-order valence-electron chi connectivity index (χ3n) is 3.83. The van der Waals surface area contributed by atoms with Gasteiger partial charge >= 0.3 is 5.97 Å². The molecule has 0 aliphatic heterocycles. The first-order valence-electron chi connectivity index (χ1n) is 7.05. The summed E-state index contributed by atoms with van der Waals surface area (Å²) in [7, 11) is 1.71. The predicted octanol–water partition coefficient (Wildman–Crippen LogP) is 2.99. The van der Waals surface area contributed by atoms with Crippen LogP contribution in [0.3, 0.4) is 0 Å². The molecule has 1 aliphatic rings. The van der Waals surface area contributed by atoms with E-state index in [0.717, 1.165) is 35.9 Å². The Morgan fingerprint density at radius 2 is 2.19 bits per heavy atom. The number of methoxy groups -OCH3 is 1. The number of thiazole rings is 1. The summed E-state index contributed by atoms with van der Waals surface area (Å²) in [4.78, 5) is 16.4. The van der Waals surface area contributed by atoms with E-state index in [9.17, 15) is 4.79 Å². The van der Waals surface area contributed by atoms with Crippen LogP contribution in [0.4, 0.5) is 5.13 Å². The molecule has 1 aromatic heterocycles. The van der Waals surface area contributed by atoms with E-state index in [1.807, 2.05) is 0 Å². The lowest BCUT2D eigenvalue weighted by molar-refractivity contribution is -0.0149. The zero-order valence-electron chi connectivity index (χ0n) is 11.9. The van der Waals surface area contributed by atoms with E-state index < -0.39 is 0 Å². The molecular weight excluding hydrogens is 288 g/mol. The molecule has 0 saturated heterocycles. The van der Waals surface area contributed by atoms with Crippen LogP contribution in [0.15, 0.2) is 18.2 Å². The minimum absolute atomic E-state index is 0.0570. The number of carbonyl (C=O) groups is 1. The maximum atomic E-state index is 12.2. The van der Waals surface area contributed by atoms with Crippen molar-refractivity contribution in [3.05, 3.63) is 23.8 Å². The van der Waals surface area contributed by atoms with Crippen LogP contribution < -0.4 is 5.73 Å². The predicted molar refractivity (Wildman–Crippen MR) is 82.5 cm³/mol. The Morgan fingerprint density at radius 3 is 3.00 bits per heavy atom. The highest BCUT2D eigenvalue weighted by molar-refractivity contribution is 7.22. The molecule has 0 radical (unpaired) electrons. The number of benzene rings is 1. The molecule has 5 nitrogen and oxygen atoms in total. The number of nitrogens with two attached hydrogens (primary N) is 1. The second-order valence-electron chi connectivity index (χ2n) is 5.29. The van der Waals surface area contributed by atoms with E-state index in [4.69, 9.17) is 15.2 Å². The maximum Gasteiger partial charge on any atom is 0.338 e. The van der Waals surface area contributed by atoms with E-state index in [-0.39, 0.29) is 18.2 Å². The van der Waals surface area contributed by atoms with Gasteiger partial charge in [-0.25, -0.2) is 9.78 Å². The minimum Gasteiger partial charge on any atom is -0.459 e. The molecule has 6 heteroatoms. The van der Waals surface area contributed by atoms with Gasteiger partial charge in [-0.05, 0) is 37.5 Å². The van der Waals surface area contributed by atoms with Crippen LogP contribution in [0.25, 0.3) is 10.2 Å². The van der Waals surface area contributed by atoms with E-state index in [1.165, 1.54) is 11.3 Å². The number of anilines is 1. The van der Waals surface area contributed by atoms with Crippen LogP contribution >= 0.6 is 11.3 Å². The molecule has 2 atom stereocenters. The molecule has 21 heavy (non-hydrogen) atoms. The molecule has 0 spiro atoms. The number of esters is 1. The summed E-state index contributed by atoms with van der Waals surface area (Å²) < 4.78 is 11.9. The van der Waals surface area contributed by atoms with Crippen LogP contribution in [0.1, 0.15) is 36.0 Å². The average Bonchev–Trinajstić information content (AvgIpc) is 2.86. The average molecular weight is 306 g/mol. The van der Waals surface area contributed by atoms with E-state index in [1.54, 1.807) is 25.3 Å². The zero-order valence-corrected chi connectivity index (χ0v) is 12.7. The summed E-state index contributed by atoms with van der Waals surface area (Å²) in [6.07, 6.45) is 3.88. The van der Waals surface area contributed by atoms with E-state index in [0.29, 0.717) is 10.7 Å². The topological polar surface area (TPSA) is 74.4 Å². The Hall–Kier alpha value is -1.66. The second kappa shape index (κ2) is 5.99. The summed E-state index contributed by atoms with van der Waals surface area (Å²) in [5, 5.41) is 0.505. The zero-order chi connectivity index (χ0) is 14.8. The lowest BCUT2D eigenvalue weighted by Gasteiger charge is -2.27. The highest BCUT2D eigenvalue weighted by Crippen LogP contribution is 2.27. The van der Waals surface area contributed by atoms with Crippen molar-refractivity contribution in [3.63, 3.8) is 0 Å². The van der Waals surface area contributed by atoms with Crippen LogP contribution in [0.5, 0.6) is 0 Å². The lowest BCUT2D eigenvalue weighted by Crippen LogP contribution is -2.29. The molecule has 0 bridgehead atoms. The number of hydrogen-bond acceptors (Lipinski definition) is 6. The van der Waals surface area contributed by atoms with Crippen molar-refractivity contribution in [2.45, 2.75) is 37.9 Å². The van der Waals surface area contributed by atoms with Crippen molar-refractivity contribution in [2.24, 2.45) is 0 Å². The summed E-state index contributed by atoms with van der Waals surface area (Å²) in [5.41, 5.74) is 7.03. The van der Waals surface area contributed by atoms with Gasteiger partial charge in [0.15, 0.2) is 5.13 Å². The fourth-order valence-corrected chi connectivity index (χ4v) is 3.49. The summed E-state index contributed by atoms with van der Waals surface area (Å²) >= 11 is 1.37. The van der Waals surface area contributed by atoms with Gasteiger partial charge in [0, 0.05) is 13.5 Å². The van der Waals surface area contributed by atoms with Crippen LogP contribution in [0.2, 0.25) is 0 Å². The Bertz CT molecular complexity index is 655. The molecule has 0 amide bonds. The number of fused-ring (bicyclic) bond motifs is 1. The fraction of sp³-hybridized carbons (Fsp3) is 0.467. The number of ether oxygens (including phenoxy) is 2. The molecule has 1 fully saturated rings. The summed E-state index contributed by atoms with van der Waals surface area (Å²) in [6.45, 7) is 0. The first kappa shape index (κ1) is 14.3. The number of nitrogens with zero attached hydrogens (tertiary/aromatic N) is 1. The van der Waals surface area contributed by atoms with Gasteiger partial charge in [0.05, 0.1) is 21.9 Å². The molecular formula is C15H18N2O3S. The third kappa shape index (κ3) is 3.16. The molecule has 1 saturated carbocycles. The Labute approximate surface area is 127 Å². The first-order chi connectivity index (χ1) is 10.2.